The van der Waals surface area contributed by atoms with E-state index in [9.17, 15) is 10.1 Å². The Balaban J connectivity index is 2.57. The molecule has 88 valence electrons. The number of aryl methyl sites for hydroxylation is 1. The molecule has 0 atom stereocenters. The molecule has 0 radical (unpaired) electrons. The maximum absolute atomic E-state index is 10.7. The number of non-ortho nitro benzene ring substituents is 1. The van der Waals surface area contributed by atoms with E-state index in [0.717, 1.165) is 0 Å². The van der Waals surface area contributed by atoms with Crippen molar-refractivity contribution in [1.82, 2.24) is 10.2 Å². The lowest BCUT2D eigenvalue weighted by molar-refractivity contribution is -0.384. The van der Waals surface area contributed by atoms with Gasteiger partial charge in [0.05, 0.1) is 17.6 Å². The number of nitro groups is 1. The van der Waals surface area contributed by atoms with Gasteiger partial charge in [-0.1, -0.05) is 0 Å². The third-order valence-electron chi connectivity index (χ3n) is 2.15. The minimum Gasteiger partial charge on any atom is -0.496 e. The second-order valence-corrected chi connectivity index (χ2v) is 3.27. The van der Waals surface area contributed by atoms with Crippen LogP contribution in [-0.2, 0) is 0 Å². The Hall–Kier alpha value is -2.44. The molecule has 7 heteroatoms. The van der Waals surface area contributed by atoms with Gasteiger partial charge in [-0.15, -0.1) is 10.2 Å². The van der Waals surface area contributed by atoms with Gasteiger partial charge in [0.25, 0.3) is 11.6 Å². The van der Waals surface area contributed by atoms with Gasteiger partial charge in [0.15, 0.2) is 0 Å². The third kappa shape index (κ3) is 2.07. The van der Waals surface area contributed by atoms with E-state index < -0.39 is 4.92 Å². The fourth-order valence-electron chi connectivity index (χ4n) is 1.38. The van der Waals surface area contributed by atoms with Crippen LogP contribution < -0.4 is 4.74 Å². The lowest BCUT2D eigenvalue weighted by Crippen LogP contribution is -1.92. The number of rotatable bonds is 3. The average molecular weight is 235 g/mol. The van der Waals surface area contributed by atoms with Crippen LogP contribution in [0.4, 0.5) is 5.69 Å². The Morgan fingerprint density at radius 3 is 2.71 bits per heavy atom. The van der Waals surface area contributed by atoms with E-state index in [-0.39, 0.29) is 11.6 Å². The summed E-state index contributed by atoms with van der Waals surface area (Å²) in [5.41, 5.74) is 0.346. The van der Waals surface area contributed by atoms with Gasteiger partial charge in [0.1, 0.15) is 5.75 Å². The van der Waals surface area contributed by atoms with Crippen molar-refractivity contribution in [3.05, 3.63) is 34.2 Å². The zero-order valence-corrected chi connectivity index (χ0v) is 9.21. The number of ether oxygens (including phenoxy) is 1. The van der Waals surface area contributed by atoms with Crippen LogP contribution in [0.25, 0.3) is 11.5 Å². The number of hydrogen-bond acceptors (Lipinski definition) is 6. The summed E-state index contributed by atoms with van der Waals surface area (Å²) in [6, 6.07) is 4.18. The molecule has 0 spiro atoms. The van der Waals surface area contributed by atoms with Gasteiger partial charge in [0, 0.05) is 19.1 Å². The summed E-state index contributed by atoms with van der Waals surface area (Å²) in [5, 5.41) is 18.2. The van der Waals surface area contributed by atoms with E-state index in [0.29, 0.717) is 17.2 Å². The zero-order chi connectivity index (χ0) is 12.4. The molecule has 0 fully saturated rings. The number of nitro benzene ring substituents is 1. The van der Waals surface area contributed by atoms with Crippen LogP contribution in [0.2, 0.25) is 0 Å². The smallest absolute Gasteiger partial charge is 0.270 e. The van der Waals surface area contributed by atoms with E-state index in [4.69, 9.17) is 9.15 Å². The molecular weight excluding hydrogens is 226 g/mol. The van der Waals surface area contributed by atoms with Crippen molar-refractivity contribution in [2.75, 3.05) is 7.11 Å². The van der Waals surface area contributed by atoms with Gasteiger partial charge < -0.3 is 9.15 Å². The first-order chi connectivity index (χ1) is 8.11. The molecule has 0 unspecified atom stereocenters. The molecular formula is C10H9N3O4. The maximum atomic E-state index is 10.7. The summed E-state index contributed by atoms with van der Waals surface area (Å²) in [6.07, 6.45) is 0. The summed E-state index contributed by atoms with van der Waals surface area (Å²) in [6.45, 7) is 1.64. The summed E-state index contributed by atoms with van der Waals surface area (Å²) in [7, 11) is 1.47. The highest BCUT2D eigenvalue weighted by atomic mass is 16.6. The Labute approximate surface area is 96.2 Å². The normalized spacial score (nSPS) is 10.2. The number of benzene rings is 1. The van der Waals surface area contributed by atoms with E-state index in [1.165, 1.54) is 25.3 Å². The topological polar surface area (TPSA) is 91.3 Å². The molecule has 0 saturated carbocycles. The van der Waals surface area contributed by atoms with Crippen molar-refractivity contribution in [2.45, 2.75) is 6.92 Å². The second-order valence-electron chi connectivity index (χ2n) is 3.27. The third-order valence-corrected chi connectivity index (χ3v) is 2.15. The molecule has 1 heterocycles. The molecule has 0 bridgehead atoms. The van der Waals surface area contributed by atoms with Gasteiger partial charge in [0.2, 0.25) is 5.89 Å². The molecule has 7 nitrogen and oxygen atoms in total. The predicted molar refractivity (Wildman–Crippen MR) is 57.7 cm³/mol. The number of hydrogen-bond donors (Lipinski definition) is 0. The number of aromatic nitrogens is 2. The first-order valence-corrected chi connectivity index (χ1v) is 4.74. The average Bonchev–Trinajstić information content (AvgIpc) is 2.74. The van der Waals surface area contributed by atoms with Gasteiger partial charge in [-0.05, 0) is 6.07 Å². The molecule has 0 aliphatic carbocycles. The summed E-state index contributed by atoms with van der Waals surface area (Å²) in [5.74, 6) is 1.02. The fourth-order valence-corrected chi connectivity index (χ4v) is 1.38. The van der Waals surface area contributed by atoms with Gasteiger partial charge in [-0.3, -0.25) is 10.1 Å². The van der Waals surface area contributed by atoms with Crippen molar-refractivity contribution in [1.29, 1.82) is 0 Å². The van der Waals surface area contributed by atoms with Gasteiger partial charge >= 0.3 is 0 Å². The van der Waals surface area contributed by atoms with Crippen molar-refractivity contribution in [3.8, 4) is 17.2 Å². The second kappa shape index (κ2) is 4.20. The quantitative estimate of drug-likeness (QED) is 0.596. The van der Waals surface area contributed by atoms with Crippen molar-refractivity contribution < 1.29 is 14.1 Å². The Morgan fingerprint density at radius 1 is 1.41 bits per heavy atom. The summed E-state index contributed by atoms with van der Waals surface area (Å²) in [4.78, 5) is 10.2. The van der Waals surface area contributed by atoms with Crippen LogP contribution in [-0.4, -0.2) is 22.2 Å². The van der Waals surface area contributed by atoms with Crippen molar-refractivity contribution in [2.24, 2.45) is 0 Å². The molecule has 2 aromatic rings. The Morgan fingerprint density at radius 2 is 2.18 bits per heavy atom. The first kappa shape index (κ1) is 11.1. The maximum Gasteiger partial charge on any atom is 0.270 e. The van der Waals surface area contributed by atoms with Crippen LogP contribution in [0.5, 0.6) is 5.75 Å². The van der Waals surface area contributed by atoms with Crippen LogP contribution in [0, 0.1) is 17.0 Å². The van der Waals surface area contributed by atoms with E-state index in [1.807, 2.05) is 0 Å². The molecule has 1 aromatic heterocycles. The van der Waals surface area contributed by atoms with E-state index in [1.54, 1.807) is 6.92 Å². The van der Waals surface area contributed by atoms with Crippen LogP contribution in [0.15, 0.2) is 22.6 Å². The van der Waals surface area contributed by atoms with Crippen LogP contribution in [0.3, 0.4) is 0 Å². The number of methoxy groups -OCH3 is 1. The molecule has 2 rings (SSSR count). The number of nitrogens with zero attached hydrogens (tertiary/aromatic N) is 3. The standard InChI is InChI=1S/C10H9N3O4/c1-6-11-12-10(17-6)8-5-7(13(14)15)3-4-9(8)16-2/h3-5H,1-2H3. The highest BCUT2D eigenvalue weighted by Gasteiger charge is 2.17. The lowest BCUT2D eigenvalue weighted by Gasteiger charge is -2.04. The summed E-state index contributed by atoms with van der Waals surface area (Å²) < 4.78 is 10.3. The van der Waals surface area contributed by atoms with Crippen LogP contribution >= 0.6 is 0 Å². The van der Waals surface area contributed by atoms with Gasteiger partial charge in [-0.25, -0.2) is 0 Å². The first-order valence-electron chi connectivity index (χ1n) is 4.74. The molecule has 0 saturated heterocycles. The predicted octanol–water partition coefficient (Wildman–Crippen LogP) is 1.96. The molecule has 0 aliphatic rings. The van der Waals surface area contributed by atoms with Gasteiger partial charge in [-0.2, -0.15) is 0 Å². The Kier molecular flexibility index (Phi) is 2.73. The van der Waals surface area contributed by atoms with Crippen molar-refractivity contribution in [3.63, 3.8) is 0 Å². The minimum atomic E-state index is -0.494. The van der Waals surface area contributed by atoms with Crippen LogP contribution in [0.1, 0.15) is 5.89 Å². The summed E-state index contributed by atoms with van der Waals surface area (Å²) >= 11 is 0. The largest absolute Gasteiger partial charge is 0.496 e. The monoisotopic (exact) mass is 235 g/mol. The minimum absolute atomic E-state index is 0.0587. The molecule has 0 aliphatic heterocycles. The Bertz CT molecular complexity index is 564. The molecule has 0 N–H and O–H groups in total. The highest BCUT2D eigenvalue weighted by Crippen LogP contribution is 2.32. The van der Waals surface area contributed by atoms with E-state index >= 15 is 0 Å². The zero-order valence-electron chi connectivity index (χ0n) is 9.21. The lowest BCUT2D eigenvalue weighted by atomic mass is 10.2. The van der Waals surface area contributed by atoms with Crippen molar-refractivity contribution >= 4 is 5.69 Å². The SMILES string of the molecule is COc1ccc([N+](=O)[O-])cc1-c1nnc(C)o1. The molecule has 17 heavy (non-hydrogen) atoms. The molecule has 0 amide bonds. The molecule has 1 aromatic carbocycles. The highest BCUT2D eigenvalue weighted by molar-refractivity contribution is 5.66. The van der Waals surface area contributed by atoms with E-state index in [2.05, 4.69) is 10.2 Å². The fraction of sp³-hybridized carbons (Fsp3) is 0.200.